The van der Waals surface area contributed by atoms with Crippen LogP contribution >= 0.6 is 0 Å². The third-order valence-electron chi connectivity index (χ3n) is 5.99. The number of esters is 1. The second-order valence-electron chi connectivity index (χ2n) is 7.71. The van der Waals surface area contributed by atoms with Gasteiger partial charge in [-0.05, 0) is 55.2 Å². The summed E-state index contributed by atoms with van der Waals surface area (Å²) in [6.07, 6.45) is 8.18. The first kappa shape index (κ1) is 19.7. The summed E-state index contributed by atoms with van der Waals surface area (Å²) in [4.78, 5) is 25.4. The zero-order chi connectivity index (χ0) is 19.2. The highest BCUT2D eigenvalue weighted by atomic mass is 16.5. The molecule has 1 amide bonds. The first-order valence-electron chi connectivity index (χ1n) is 10.2. The number of methoxy groups -OCH3 is 1. The predicted molar refractivity (Wildman–Crippen MR) is 104 cm³/mol. The van der Waals surface area contributed by atoms with Crippen LogP contribution < -0.4 is 4.74 Å². The normalized spacial score (nSPS) is 18.5. The van der Waals surface area contributed by atoms with Gasteiger partial charge < -0.3 is 14.4 Å². The van der Waals surface area contributed by atoms with Crippen LogP contribution in [0.2, 0.25) is 0 Å². The lowest BCUT2D eigenvalue weighted by Gasteiger charge is -2.32. The summed E-state index contributed by atoms with van der Waals surface area (Å²) in [6, 6.07) is 6.56. The summed E-state index contributed by atoms with van der Waals surface area (Å²) < 4.78 is 10.4. The van der Waals surface area contributed by atoms with Gasteiger partial charge in [0, 0.05) is 13.1 Å². The molecule has 0 atom stereocenters. The molecule has 1 aromatic carbocycles. The predicted octanol–water partition coefficient (Wildman–Crippen LogP) is 3.70. The highest BCUT2D eigenvalue weighted by Gasteiger charge is 2.29. The van der Waals surface area contributed by atoms with Crippen LogP contribution in [0.4, 0.5) is 0 Å². The molecule has 1 saturated heterocycles. The summed E-state index contributed by atoms with van der Waals surface area (Å²) in [7, 11) is 1.74. The van der Waals surface area contributed by atoms with Gasteiger partial charge in [-0.1, -0.05) is 37.8 Å². The van der Waals surface area contributed by atoms with Crippen molar-refractivity contribution in [3.63, 3.8) is 0 Å². The molecule has 5 heteroatoms. The molecule has 0 radical (unpaired) electrons. The SMILES string of the molecule is CCOC(=O)C(=O)N1CCC(c2ccc(OC)c(CC3CCCC3)c2)CC1. The first-order chi connectivity index (χ1) is 13.1. The highest BCUT2D eigenvalue weighted by molar-refractivity contribution is 6.32. The van der Waals surface area contributed by atoms with Gasteiger partial charge in [0.15, 0.2) is 0 Å². The van der Waals surface area contributed by atoms with Crippen molar-refractivity contribution >= 4 is 11.9 Å². The summed E-state index contributed by atoms with van der Waals surface area (Å²) in [5.74, 6) is 0.939. The van der Waals surface area contributed by atoms with Gasteiger partial charge in [0.05, 0.1) is 13.7 Å². The molecule has 27 heavy (non-hydrogen) atoms. The maximum absolute atomic E-state index is 12.1. The third-order valence-corrected chi connectivity index (χ3v) is 5.99. The molecule has 1 aromatic rings. The molecule has 2 aliphatic rings. The highest BCUT2D eigenvalue weighted by Crippen LogP contribution is 2.35. The second kappa shape index (κ2) is 9.25. The number of amides is 1. The van der Waals surface area contributed by atoms with Crippen molar-refractivity contribution in [1.82, 2.24) is 4.90 Å². The van der Waals surface area contributed by atoms with Crippen LogP contribution in [0, 0.1) is 5.92 Å². The molecule has 0 unspecified atom stereocenters. The Labute approximate surface area is 162 Å². The summed E-state index contributed by atoms with van der Waals surface area (Å²) in [6.45, 7) is 3.15. The molecule has 1 heterocycles. The molecule has 2 fully saturated rings. The average molecular weight is 373 g/mol. The fourth-order valence-electron chi connectivity index (χ4n) is 4.48. The monoisotopic (exact) mass is 373 g/mol. The van der Waals surface area contributed by atoms with Gasteiger partial charge in [-0.3, -0.25) is 4.79 Å². The van der Waals surface area contributed by atoms with Crippen LogP contribution in [-0.4, -0.2) is 43.6 Å². The zero-order valence-electron chi connectivity index (χ0n) is 16.5. The van der Waals surface area contributed by atoms with E-state index in [0.717, 1.165) is 30.9 Å². The average Bonchev–Trinajstić information content (AvgIpc) is 3.21. The Bertz CT molecular complexity index is 658. The molecule has 1 aliphatic heterocycles. The minimum Gasteiger partial charge on any atom is -0.496 e. The van der Waals surface area contributed by atoms with E-state index in [9.17, 15) is 9.59 Å². The van der Waals surface area contributed by atoms with Crippen molar-refractivity contribution in [1.29, 1.82) is 0 Å². The fraction of sp³-hybridized carbons (Fsp3) is 0.636. The van der Waals surface area contributed by atoms with Crippen molar-refractivity contribution in [3.05, 3.63) is 29.3 Å². The lowest BCUT2D eigenvalue weighted by Crippen LogP contribution is -2.42. The largest absolute Gasteiger partial charge is 0.496 e. The molecular formula is C22H31NO4. The van der Waals surface area contributed by atoms with Crippen LogP contribution in [-0.2, 0) is 20.7 Å². The molecular weight excluding hydrogens is 342 g/mol. The van der Waals surface area contributed by atoms with Crippen molar-refractivity contribution in [2.24, 2.45) is 5.92 Å². The standard InChI is InChI=1S/C22H31NO4/c1-3-27-22(25)21(24)23-12-10-17(11-13-23)18-8-9-20(26-2)19(15-18)14-16-6-4-5-7-16/h8-9,15-17H,3-7,10-14H2,1-2H3. The second-order valence-corrected chi connectivity index (χ2v) is 7.71. The number of carbonyl (C=O) groups excluding carboxylic acids is 2. The minimum atomic E-state index is -0.737. The van der Waals surface area contributed by atoms with Crippen LogP contribution in [0.1, 0.15) is 62.5 Å². The summed E-state index contributed by atoms with van der Waals surface area (Å²) in [5, 5.41) is 0. The van der Waals surface area contributed by atoms with Crippen LogP contribution in [0.3, 0.4) is 0 Å². The smallest absolute Gasteiger partial charge is 0.397 e. The number of carbonyl (C=O) groups is 2. The van der Waals surface area contributed by atoms with Crippen molar-refractivity contribution in [2.45, 2.75) is 57.8 Å². The molecule has 3 rings (SSSR count). The van der Waals surface area contributed by atoms with E-state index < -0.39 is 11.9 Å². The number of nitrogens with zero attached hydrogens (tertiary/aromatic N) is 1. The maximum Gasteiger partial charge on any atom is 0.397 e. The molecule has 5 nitrogen and oxygen atoms in total. The van der Waals surface area contributed by atoms with E-state index in [-0.39, 0.29) is 6.61 Å². The van der Waals surface area contributed by atoms with Crippen molar-refractivity contribution < 1.29 is 19.1 Å². The Hall–Kier alpha value is -2.04. The number of hydrogen-bond donors (Lipinski definition) is 0. The molecule has 148 valence electrons. The molecule has 1 saturated carbocycles. The molecule has 1 aliphatic carbocycles. The number of piperidine rings is 1. The van der Waals surface area contributed by atoms with Gasteiger partial charge in [0.25, 0.3) is 0 Å². The Morgan fingerprint density at radius 2 is 1.81 bits per heavy atom. The first-order valence-corrected chi connectivity index (χ1v) is 10.2. The Morgan fingerprint density at radius 3 is 2.44 bits per heavy atom. The number of hydrogen-bond acceptors (Lipinski definition) is 4. The van der Waals surface area contributed by atoms with Crippen LogP contribution in [0.15, 0.2) is 18.2 Å². The van der Waals surface area contributed by atoms with Gasteiger partial charge in [-0.25, -0.2) is 4.79 Å². The Morgan fingerprint density at radius 1 is 1.11 bits per heavy atom. The van der Waals surface area contributed by atoms with E-state index in [1.807, 2.05) is 0 Å². The number of benzene rings is 1. The van der Waals surface area contributed by atoms with E-state index >= 15 is 0 Å². The fourth-order valence-corrected chi connectivity index (χ4v) is 4.48. The lowest BCUT2D eigenvalue weighted by molar-refractivity contribution is -0.160. The quantitative estimate of drug-likeness (QED) is 0.583. The van der Waals surface area contributed by atoms with Crippen molar-refractivity contribution in [3.8, 4) is 5.75 Å². The molecule has 0 aromatic heterocycles. The van der Waals surface area contributed by atoms with E-state index in [1.165, 1.54) is 36.8 Å². The zero-order valence-corrected chi connectivity index (χ0v) is 16.5. The van der Waals surface area contributed by atoms with Gasteiger partial charge in [-0.2, -0.15) is 0 Å². The lowest BCUT2D eigenvalue weighted by atomic mass is 9.87. The topological polar surface area (TPSA) is 55.8 Å². The van der Waals surface area contributed by atoms with E-state index in [0.29, 0.717) is 19.0 Å². The van der Waals surface area contributed by atoms with E-state index in [4.69, 9.17) is 9.47 Å². The molecule has 0 spiro atoms. The minimum absolute atomic E-state index is 0.233. The summed E-state index contributed by atoms with van der Waals surface area (Å²) in [5.41, 5.74) is 2.64. The Kier molecular flexibility index (Phi) is 6.75. The van der Waals surface area contributed by atoms with E-state index in [1.54, 1.807) is 18.9 Å². The third kappa shape index (κ3) is 4.82. The van der Waals surface area contributed by atoms with Crippen LogP contribution in [0.5, 0.6) is 5.75 Å². The molecule has 0 bridgehead atoms. The van der Waals surface area contributed by atoms with E-state index in [2.05, 4.69) is 18.2 Å². The maximum atomic E-state index is 12.1. The van der Waals surface area contributed by atoms with Gasteiger partial charge in [0.2, 0.25) is 0 Å². The van der Waals surface area contributed by atoms with Gasteiger partial charge in [-0.15, -0.1) is 0 Å². The van der Waals surface area contributed by atoms with Gasteiger partial charge >= 0.3 is 11.9 Å². The summed E-state index contributed by atoms with van der Waals surface area (Å²) >= 11 is 0. The Balaban J connectivity index is 1.63. The number of ether oxygens (including phenoxy) is 2. The number of rotatable bonds is 5. The van der Waals surface area contributed by atoms with Gasteiger partial charge in [0.1, 0.15) is 5.75 Å². The molecule has 0 N–H and O–H groups in total. The number of likely N-dealkylation sites (tertiary alicyclic amines) is 1. The van der Waals surface area contributed by atoms with Crippen molar-refractivity contribution in [2.75, 3.05) is 26.8 Å². The van der Waals surface area contributed by atoms with Crippen LogP contribution in [0.25, 0.3) is 0 Å².